The van der Waals surface area contributed by atoms with Gasteiger partial charge in [0, 0.05) is 31.2 Å². The zero-order chi connectivity index (χ0) is 14.3. The van der Waals surface area contributed by atoms with E-state index in [0.717, 1.165) is 25.8 Å². The molecular weight excluding hydrogens is 260 g/mol. The Kier molecular flexibility index (Phi) is 6.58. The maximum atomic E-state index is 11.2. The molecule has 0 aliphatic carbocycles. The van der Waals surface area contributed by atoms with Gasteiger partial charge in [0.2, 0.25) is 0 Å². The van der Waals surface area contributed by atoms with Crippen molar-refractivity contribution in [2.45, 2.75) is 45.7 Å². The maximum Gasteiger partial charge on any atom is 0.149 e. The highest BCUT2D eigenvalue weighted by molar-refractivity contribution is 7.90. The SMILES string of the molecule is CCCNC(CCC)c1ccn(CCS(C)(=O)=O)c1. The van der Waals surface area contributed by atoms with Crippen LogP contribution >= 0.6 is 0 Å². The van der Waals surface area contributed by atoms with Crippen molar-refractivity contribution in [3.63, 3.8) is 0 Å². The largest absolute Gasteiger partial charge is 0.353 e. The molecule has 1 atom stereocenters. The van der Waals surface area contributed by atoms with Crippen LogP contribution in [0.15, 0.2) is 18.5 Å². The summed E-state index contributed by atoms with van der Waals surface area (Å²) in [4.78, 5) is 0. The molecule has 0 amide bonds. The Morgan fingerprint density at radius 3 is 2.63 bits per heavy atom. The molecule has 110 valence electrons. The standard InChI is InChI=1S/C14H26N2O2S/c1-4-6-14(15-8-5-2)13-7-9-16(12-13)10-11-19(3,17)18/h7,9,12,14-15H,4-6,8,10-11H2,1-3H3. The molecule has 1 N–H and O–H groups in total. The zero-order valence-electron chi connectivity index (χ0n) is 12.2. The van der Waals surface area contributed by atoms with Gasteiger partial charge in [0.05, 0.1) is 5.75 Å². The van der Waals surface area contributed by atoms with Gasteiger partial charge >= 0.3 is 0 Å². The van der Waals surface area contributed by atoms with E-state index in [0.29, 0.717) is 12.6 Å². The highest BCUT2D eigenvalue weighted by atomic mass is 32.2. The number of aryl methyl sites for hydroxylation is 1. The van der Waals surface area contributed by atoms with Gasteiger partial charge in [-0.25, -0.2) is 8.42 Å². The molecule has 4 nitrogen and oxygen atoms in total. The van der Waals surface area contributed by atoms with Crippen LogP contribution in [0.4, 0.5) is 0 Å². The Morgan fingerprint density at radius 2 is 2.05 bits per heavy atom. The van der Waals surface area contributed by atoms with Crippen LogP contribution in [-0.2, 0) is 16.4 Å². The van der Waals surface area contributed by atoms with E-state index in [2.05, 4.69) is 31.4 Å². The molecular formula is C14H26N2O2S. The number of hydrogen-bond acceptors (Lipinski definition) is 3. The first-order valence-corrected chi connectivity index (χ1v) is 9.09. The Labute approximate surface area is 117 Å². The second-order valence-electron chi connectivity index (χ2n) is 5.11. The monoisotopic (exact) mass is 286 g/mol. The fourth-order valence-corrected chi connectivity index (χ4v) is 2.61. The van der Waals surface area contributed by atoms with Gasteiger partial charge in [0.1, 0.15) is 9.84 Å². The average molecular weight is 286 g/mol. The van der Waals surface area contributed by atoms with Gasteiger partial charge in [-0.3, -0.25) is 0 Å². The Morgan fingerprint density at radius 1 is 1.32 bits per heavy atom. The van der Waals surface area contributed by atoms with Gasteiger partial charge in [-0.1, -0.05) is 20.3 Å². The lowest BCUT2D eigenvalue weighted by molar-refractivity contribution is 0.493. The second kappa shape index (κ2) is 7.70. The Bertz CT molecular complexity index is 466. The van der Waals surface area contributed by atoms with E-state index < -0.39 is 9.84 Å². The summed E-state index contributed by atoms with van der Waals surface area (Å²) in [5.41, 5.74) is 1.25. The van der Waals surface area contributed by atoms with Gasteiger partial charge in [0.25, 0.3) is 0 Å². The van der Waals surface area contributed by atoms with Gasteiger partial charge in [-0.2, -0.15) is 0 Å². The van der Waals surface area contributed by atoms with E-state index in [-0.39, 0.29) is 5.75 Å². The summed E-state index contributed by atoms with van der Waals surface area (Å²) in [5, 5.41) is 3.54. The molecule has 0 spiro atoms. The van der Waals surface area contributed by atoms with Crippen molar-refractivity contribution in [2.75, 3.05) is 18.6 Å². The van der Waals surface area contributed by atoms with Crippen molar-refractivity contribution in [3.05, 3.63) is 24.0 Å². The molecule has 1 aromatic heterocycles. The van der Waals surface area contributed by atoms with E-state index in [1.165, 1.54) is 11.8 Å². The molecule has 1 unspecified atom stereocenters. The summed E-state index contributed by atoms with van der Waals surface area (Å²) in [6.45, 7) is 5.89. The van der Waals surface area contributed by atoms with Crippen LogP contribution < -0.4 is 5.32 Å². The lowest BCUT2D eigenvalue weighted by Gasteiger charge is -2.16. The third kappa shape index (κ3) is 6.25. The average Bonchev–Trinajstić information content (AvgIpc) is 2.80. The highest BCUT2D eigenvalue weighted by Gasteiger charge is 2.11. The van der Waals surface area contributed by atoms with Gasteiger partial charge < -0.3 is 9.88 Å². The molecule has 19 heavy (non-hydrogen) atoms. The number of nitrogens with zero attached hydrogens (tertiary/aromatic N) is 1. The minimum absolute atomic E-state index is 0.196. The van der Waals surface area contributed by atoms with E-state index >= 15 is 0 Å². The lowest BCUT2D eigenvalue weighted by atomic mass is 10.1. The maximum absolute atomic E-state index is 11.2. The molecule has 0 fully saturated rings. The zero-order valence-corrected chi connectivity index (χ0v) is 13.0. The van der Waals surface area contributed by atoms with Crippen LogP contribution in [0.3, 0.4) is 0 Å². The molecule has 0 aliphatic heterocycles. The first kappa shape index (κ1) is 16.2. The predicted octanol–water partition coefficient (Wildman–Crippen LogP) is 2.37. The van der Waals surface area contributed by atoms with Gasteiger partial charge in [0.15, 0.2) is 0 Å². The van der Waals surface area contributed by atoms with Crippen LogP contribution in [-0.4, -0.2) is 31.5 Å². The van der Waals surface area contributed by atoms with E-state index in [1.54, 1.807) is 0 Å². The summed E-state index contributed by atoms with van der Waals surface area (Å²) < 4.78 is 24.3. The number of nitrogens with one attached hydrogen (secondary N) is 1. The van der Waals surface area contributed by atoms with Crippen molar-refractivity contribution in [1.29, 1.82) is 0 Å². The van der Waals surface area contributed by atoms with Crippen molar-refractivity contribution in [3.8, 4) is 0 Å². The summed E-state index contributed by atoms with van der Waals surface area (Å²) >= 11 is 0. The van der Waals surface area contributed by atoms with Crippen molar-refractivity contribution >= 4 is 9.84 Å². The van der Waals surface area contributed by atoms with Crippen LogP contribution in [0.1, 0.15) is 44.7 Å². The number of sulfone groups is 1. The van der Waals surface area contributed by atoms with Crippen molar-refractivity contribution in [1.82, 2.24) is 9.88 Å². The normalized spacial score (nSPS) is 13.6. The number of aromatic nitrogens is 1. The summed E-state index contributed by atoms with van der Waals surface area (Å²) in [6, 6.07) is 2.47. The summed E-state index contributed by atoms with van der Waals surface area (Å²) in [5.74, 6) is 0.196. The van der Waals surface area contributed by atoms with E-state index in [9.17, 15) is 8.42 Å². The molecule has 0 radical (unpaired) electrons. The fourth-order valence-electron chi connectivity index (χ4n) is 2.07. The van der Waals surface area contributed by atoms with Gasteiger partial charge in [-0.05, 0) is 31.0 Å². The number of rotatable bonds is 9. The molecule has 0 saturated carbocycles. The van der Waals surface area contributed by atoms with Crippen LogP contribution in [0.5, 0.6) is 0 Å². The molecule has 0 saturated heterocycles. The minimum atomic E-state index is -2.89. The topological polar surface area (TPSA) is 51.1 Å². The number of hydrogen-bond donors (Lipinski definition) is 1. The third-order valence-corrected chi connectivity index (χ3v) is 4.04. The minimum Gasteiger partial charge on any atom is -0.353 e. The van der Waals surface area contributed by atoms with Crippen molar-refractivity contribution < 1.29 is 8.42 Å². The van der Waals surface area contributed by atoms with Gasteiger partial charge in [-0.15, -0.1) is 0 Å². The van der Waals surface area contributed by atoms with E-state index in [4.69, 9.17) is 0 Å². The first-order valence-electron chi connectivity index (χ1n) is 7.03. The smallest absolute Gasteiger partial charge is 0.149 e. The van der Waals surface area contributed by atoms with Crippen molar-refractivity contribution in [2.24, 2.45) is 0 Å². The summed E-state index contributed by atoms with van der Waals surface area (Å²) in [6.07, 6.45) is 8.67. The van der Waals surface area contributed by atoms with Crippen LogP contribution in [0, 0.1) is 0 Å². The highest BCUT2D eigenvalue weighted by Crippen LogP contribution is 2.19. The second-order valence-corrected chi connectivity index (χ2v) is 7.37. The predicted molar refractivity (Wildman–Crippen MR) is 80.1 cm³/mol. The van der Waals surface area contributed by atoms with Crippen LogP contribution in [0.2, 0.25) is 0 Å². The molecule has 1 aromatic rings. The Balaban J connectivity index is 2.64. The quantitative estimate of drug-likeness (QED) is 0.758. The van der Waals surface area contributed by atoms with Crippen LogP contribution in [0.25, 0.3) is 0 Å². The molecule has 0 aromatic carbocycles. The molecule has 0 aliphatic rings. The Hall–Kier alpha value is -0.810. The first-order chi connectivity index (χ1) is 8.96. The third-order valence-electron chi connectivity index (χ3n) is 3.11. The molecule has 0 bridgehead atoms. The van der Waals surface area contributed by atoms with E-state index in [1.807, 2.05) is 10.8 Å². The summed E-state index contributed by atoms with van der Waals surface area (Å²) in [7, 11) is -2.89. The molecule has 1 rings (SSSR count). The fraction of sp³-hybridized carbons (Fsp3) is 0.714. The lowest BCUT2D eigenvalue weighted by Crippen LogP contribution is -2.21. The molecule has 5 heteroatoms. The molecule has 1 heterocycles.